The number of hydrogen-bond donors (Lipinski definition) is 1. The van der Waals surface area contributed by atoms with E-state index in [1.54, 1.807) is 20.8 Å². The van der Waals surface area contributed by atoms with Gasteiger partial charge in [-0.2, -0.15) is 0 Å². The summed E-state index contributed by atoms with van der Waals surface area (Å²) < 4.78 is 33.7. The molecule has 0 bridgehead atoms. The summed E-state index contributed by atoms with van der Waals surface area (Å²) in [5.74, 6) is -4.09. The topological polar surface area (TPSA) is 221 Å². The van der Waals surface area contributed by atoms with Gasteiger partial charge >= 0.3 is 12.1 Å². The molecule has 0 aromatic rings. The van der Waals surface area contributed by atoms with E-state index in [1.165, 1.54) is 18.2 Å². The van der Waals surface area contributed by atoms with Crippen LogP contribution in [0, 0.1) is 48.8 Å². The highest BCUT2D eigenvalue weighted by molar-refractivity contribution is 6.01. The zero-order chi connectivity index (χ0) is 35.5. The van der Waals surface area contributed by atoms with Crippen molar-refractivity contribution in [3.63, 3.8) is 0 Å². The van der Waals surface area contributed by atoms with Crippen molar-refractivity contribution in [2.24, 2.45) is 28.6 Å². The number of fused-ring (bicyclic) bond motifs is 5. The first kappa shape index (κ1) is 36.7. The normalized spacial score (nSPS) is 34.9. The zero-order valence-corrected chi connectivity index (χ0v) is 27.1. The van der Waals surface area contributed by atoms with Crippen molar-refractivity contribution in [2.45, 2.75) is 89.5 Å². The summed E-state index contributed by atoms with van der Waals surface area (Å²) in [6, 6.07) is 0. The van der Waals surface area contributed by atoms with Gasteiger partial charge in [-0.15, -0.1) is 20.2 Å². The number of carbonyl (C=O) groups excluding carboxylic acids is 4. The Hall–Kier alpha value is -4.15. The average molecular weight is 685 g/mol. The lowest BCUT2D eigenvalue weighted by Crippen LogP contribution is -2.70. The minimum Gasteiger partial charge on any atom is -0.450 e. The number of hydrogen-bond acceptors (Lipinski definition) is 14. The van der Waals surface area contributed by atoms with Crippen LogP contribution in [0.3, 0.4) is 0 Å². The van der Waals surface area contributed by atoms with E-state index >= 15 is 4.39 Å². The van der Waals surface area contributed by atoms with Crippen LogP contribution in [-0.2, 0) is 38.3 Å². The first-order chi connectivity index (χ1) is 22.5. The molecule has 4 aliphatic carbocycles. The van der Waals surface area contributed by atoms with Crippen molar-refractivity contribution in [2.75, 3.05) is 26.4 Å². The van der Waals surface area contributed by atoms with E-state index in [1.807, 2.05) is 0 Å². The molecule has 3 fully saturated rings. The van der Waals surface area contributed by atoms with Gasteiger partial charge in [0.1, 0.15) is 0 Å². The Morgan fingerprint density at radius 1 is 1.02 bits per heavy atom. The van der Waals surface area contributed by atoms with Crippen LogP contribution < -0.4 is 0 Å². The Morgan fingerprint density at radius 3 is 2.33 bits per heavy atom. The Bertz CT molecular complexity index is 1390. The van der Waals surface area contributed by atoms with Gasteiger partial charge in [0.05, 0.1) is 25.9 Å². The number of esters is 1. The first-order valence-electron chi connectivity index (χ1n) is 15.9. The summed E-state index contributed by atoms with van der Waals surface area (Å²) in [4.78, 5) is 81.2. The highest BCUT2D eigenvalue weighted by atomic mass is 19.1. The second kappa shape index (κ2) is 14.1. The van der Waals surface area contributed by atoms with Gasteiger partial charge in [-0.25, -0.2) is 9.18 Å². The molecule has 17 heteroatoms. The van der Waals surface area contributed by atoms with Crippen LogP contribution in [0.2, 0.25) is 0 Å². The Labute approximate surface area is 275 Å². The van der Waals surface area contributed by atoms with E-state index in [0.717, 1.165) is 0 Å². The fraction of sp³-hybridized carbons (Fsp3) is 0.742. The van der Waals surface area contributed by atoms with Gasteiger partial charge in [0, 0.05) is 29.1 Å². The molecule has 2 unspecified atom stereocenters. The average Bonchev–Trinajstić information content (AvgIpc) is 3.22. The van der Waals surface area contributed by atoms with E-state index in [-0.39, 0.29) is 63.9 Å². The predicted molar refractivity (Wildman–Crippen MR) is 158 cm³/mol. The van der Waals surface area contributed by atoms with Gasteiger partial charge in [-0.05, 0) is 69.9 Å². The molecule has 48 heavy (non-hydrogen) atoms. The van der Waals surface area contributed by atoms with E-state index in [4.69, 9.17) is 14.2 Å². The van der Waals surface area contributed by atoms with Gasteiger partial charge in [0.2, 0.25) is 5.78 Å². The van der Waals surface area contributed by atoms with Crippen LogP contribution in [0.15, 0.2) is 23.8 Å². The number of carbonyl (C=O) groups is 4. The molecule has 0 aromatic heterocycles. The van der Waals surface area contributed by atoms with E-state index < -0.39 is 87.3 Å². The van der Waals surface area contributed by atoms with Crippen molar-refractivity contribution in [1.82, 2.24) is 0 Å². The third-order valence-electron chi connectivity index (χ3n) is 10.9. The Kier molecular flexibility index (Phi) is 10.8. The molecule has 4 rings (SSSR count). The molecular weight excluding hydrogens is 643 g/mol. The van der Waals surface area contributed by atoms with Gasteiger partial charge in [0.25, 0.3) is 10.2 Å². The van der Waals surface area contributed by atoms with Crippen molar-refractivity contribution in [3.8, 4) is 0 Å². The summed E-state index contributed by atoms with van der Waals surface area (Å²) in [6.45, 7) is 3.30. The van der Waals surface area contributed by atoms with Crippen molar-refractivity contribution < 1.29 is 62.7 Å². The number of unbranched alkanes of at least 4 members (excludes halogenated alkanes) is 1. The van der Waals surface area contributed by atoms with Crippen molar-refractivity contribution in [3.05, 3.63) is 44.0 Å². The van der Waals surface area contributed by atoms with Crippen LogP contribution in [0.25, 0.3) is 0 Å². The second-order valence-electron chi connectivity index (χ2n) is 13.3. The van der Waals surface area contributed by atoms with E-state index in [0.29, 0.717) is 12.0 Å². The minimum atomic E-state index is -2.22. The third kappa shape index (κ3) is 6.48. The molecule has 266 valence electrons. The predicted octanol–water partition coefficient (Wildman–Crippen LogP) is 3.58. The number of alkyl halides is 1. The monoisotopic (exact) mass is 684 g/mol. The fourth-order valence-electron chi connectivity index (χ4n) is 8.76. The molecular formula is C31H41FN2O14. The van der Waals surface area contributed by atoms with Crippen molar-refractivity contribution >= 4 is 23.7 Å². The summed E-state index contributed by atoms with van der Waals surface area (Å²) in [7, 11) is 0. The number of aliphatic hydroxyl groups excluding tert-OH is 1. The standard InChI is InChI=1S/C31H41FN2O14/c1-19-15-23-22-9-8-20-16-21(35)10-11-28(20,2)30(22,32)24(36)17-29(23,3)31(19,48-26(38)7-6-14-47-34(42)43)25(37)18-45-27(39)44-12-4-5-13-46-33(40)41/h10-11,16,19,22-24,36H,4-9,12-15,17-18H2,1-3H3/t19-,22?,23?,24+,28+,29+,30+,31+/m1/s1. The molecule has 1 N–H and O–H groups in total. The number of aliphatic hydroxyl groups is 1. The molecule has 0 radical (unpaired) electrons. The van der Waals surface area contributed by atoms with Crippen LogP contribution >= 0.6 is 0 Å². The summed E-state index contributed by atoms with van der Waals surface area (Å²) in [6.07, 6.45) is 1.84. The molecule has 0 amide bonds. The largest absolute Gasteiger partial charge is 0.508 e. The number of nitrogens with zero attached hydrogens (tertiary/aromatic N) is 2. The Balaban J connectivity index is 1.58. The molecule has 0 heterocycles. The fourth-order valence-corrected chi connectivity index (χ4v) is 8.76. The number of ketones is 2. The molecule has 16 nitrogen and oxygen atoms in total. The lowest BCUT2D eigenvalue weighted by atomic mass is 9.44. The molecule has 4 aliphatic rings. The van der Waals surface area contributed by atoms with Crippen molar-refractivity contribution in [1.29, 1.82) is 0 Å². The minimum absolute atomic E-state index is 0.106. The molecule has 0 saturated heterocycles. The van der Waals surface area contributed by atoms with Crippen LogP contribution in [0.5, 0.6) is 0 Å². The lowest BCUT2D eigenvalue weighted by Gasteiger charge is -2.62. The highest BCUT2D eigenvalue weighted by Crippen LogP contribution is 2.71. The maximum Gasteiger partial charge on any atom is 0.508 e. The smallest absolute Gasteiger partial charge is 0.450 e. The summed E-state index contributed by atoms with van der Waals surface area (Å²) in [5.41, 5.74) is -6.26. The summed E-state index contributed by atoms with van der Waals surface area (Å²) >= 11 is 0. The SMILES string of the molecule is C[C@@H]1CC2C3CCC4=CC(=O)C=C[C@]4(C)[C@@]3(F)[C@@H](O)C[C@]2(C)[C@@]1(OC(=O)CCCO[N+](=O)[O-])C(=O)COC(=O)OCCCCO[N+](=O)[O-]. The van der Waals surface area contributed by atoms with E-state index in [2.05, 4.69) is 9.68 Å². The highest BCUT2D eigenvalue weighted by Gasteiger charge is 2.77. The first-order valence-corrected chi connectivity index (χ1v) is 15.9. The Morgan fingerprint density at radius 2 is 1.67 bits per heavy atom. The van der Waals surface area contributed by atoms with Gasteiger partial charge < -0.3 is 29.0 Å². The molecule has 8 atom stereocenters. The zero-order valence-electron chi connectivity index (χ0n) is 27.1. The molecule has 3 saturated carbocycles. The van der Waals surface area contributed by atoms with Crippen LogP contribution in [0.4, 0.5) is 9.18 Å². The molecule has 0 aliphatic heterocycles. The molecule has 0 aromatic carbocycles. The van der Waals surface area contributed by atoms with Gasteiger partial charge in [-0.1, -0.05) is 25.5 Å². The lowest BCUT2D eigenvalue weighted by molar-refractivity contribution is -0.757. The number of halogens is 1. The summed E-state index contributed by atoms with van der Waals surface area (Å²) in [5, 5.41) is 30.5. The number of Topliss-reactive ketones (excluding diaryl/α,β-unsaturated/α-hetero) is 1. The molecule has 0 spiro atoms. The van der Waals surface area contributed by atoms with Gasteiger partial charge in [0.15, 0.2) is 23.7 Å². The second-order valence-corrected chi connectivity index (χ2v) is 13.3. The number of allylic oxidation sites excluding steroid dienone is 4. The maximum absolute atomic E-state index is 17.6. The van der Waals surface area contributed by atoms with Gasteiger partial charge in [-0.3, -0.25) is 14.4 Å². The van der Waals surface area contributed by atoms with Crippen LogP contribution in [-0.4, -0.2) is 82.8 Å². The number of ether oxygens (including phenoxy) is 3. The van der Waals surface area contributed by atoms with E-state index in [9.17, 15) is 44.5 Å². The number of rotatable bonds is 15. The van der Waals surface area contributed by atoms with Crippen LogP contribution in [0.1, 0.15) is 72.1 Å². The maximum atomic E-state index is 17.6. The quantitative estimate of drug-likeness (QED) is 0.113. The third-order valence-corrected chi connectivity index (χ3v) is 10.9.